The van der Waals surface area contributed by atoms with E-state index in [1.54, 1.807) is 19.1 Å². The molecule has 1 aliphatic heterocycles. The van der Waals surface area contributed by atoms with Crippen LogP contribution in [-0.2, 0) is 4.79 Å². The molecule has 0 saturated carbocycles. The summed E-state index contributed by atoms with van der Waals surface area (Å²) in [5, 5.41) is 3.22. The summed E-state index contributed by atoms with van der Waals surface area (Å²) in [6, 6.07) is 2.94. The standard InChI is InChI=1S/C13H17ClFN3O/c1-9(18-6-2-3-11(15)8-18)13(19)17-12-5-4-10(14)7-16-12/h4-5,7,9,11H,2-3,6,8H2,1H3,(H,16,17,19)/t9-,11+/m0/s1. The van der Waals surface area contributed by atoms with Crippen molar-refractivity contribution in [3.8, 4) is 0 Å². The lowest BCUT2D eigenvalue weighted by atomic mass is 10.1. The van der Waals surface area contributed by atoms with Crippen LogP contribution in [0.5, 0.6) is 0 Å². The zero-order valence-electron chi connectivity index (χ0n) is 10.8. The molecule has 0 aliphatic carbocycles. The van der Waals surface area contributed by atoms with Crippen LogP contribution >= 0.6 is 11.6 Å². The zero-order chi connectivity index (χ0) is 13.8. The first-order valence-electron chi connectivity index (χ1n) is 6.37. The summed E-state index contributed by atoms with van der Waals surface area (Å²) in [4.78, 5) is 17.9. The van der Waals surface area contributed by atoms with E-state index in [-0.39, 0.29) is 11.9 Å². The highest BCUT2D eigenvalue weighted by Gasteiger charge is 2.27. The van der Waals surface area contributed by atoms with Crippen molar-refractivity contribution >= 4 is 23.3 Å². The summed E-state index contributed by atoms with van der Waals surface area (Å²) in [7, 11) is 0. The second-order valence-electron chi connectivity index (χ2n) is 4.76. The molecule has 1 fully saturated rings. The topological polar surface area (TPSA) is 45.2 Å². The highest BCUT2D eigenvalue weighted by molar-refractivity contribution is 6.30. The van der Waals surface area contributed by atoms with Crippen LogP contribution in [0, 0.1) is 0 Å². The Morgan fingerprint density at radius 1 is 1.63 bits per heavy atom. The number of hydrogen-bond acceptors (Lipinski definition) is 3. The predicted octanol–water partition coefficient (Wildman–Crippen LogP) is 2.50. The number of aromatic nitrogens is 1. The lowest BCUT2D eigenvalue weighted by Gasteiger charge is -2.32. The largest absolute Gasteiger partial charge is 0.309 e. The Balaban J connectivity index is 1.93. The molecule has 1 N–H and O–H groups in total. The molecule has 0 bridgehead atoms. The van der Waals surface area contributed by atoms with E-state index in [9.17, 15) is 9.18 Å². The molecule has 0 aromatic carbocycles. The molecule has 1 saturated heterocycles. The summed E-state index contributed by atoms with van der Waals surface area (Å²) >= 11 is 5.72. The van der Waals surface area contributed by atoms with Crippen molar-refractivity contribution in [3.63, 3.8) is 0 Å². The molecule has 2 heterocycles. The molecule has 1 amide bonds. The van der Waals surface area contributed by atoms with Crippen molar-refractivity contribution in [2.75, 3.05) is 18.4 Å². The van der Waals surface area contributed by atoms with Crippen LogP contribution in [-0.4, -0.2) is 41.1 Å². The number of carbonyl (C=O) groups excluding carboxylic acids is 1. The molecule has 0 radical (unpaired) electrons. The first-order chi connectivity index (χ1) is 9.06. The molecule has 19 heavy (non-hydrogen) atoms. The van der Waals surface area contributed by atoms with Crippen LogP contribution in [0.3, 0.4) is 0 Å². The van der Waals surface area contributed by atoms with Gasteiger partial charge in [0.25, 0.3) is 0 Å². The number of hydrogen-bond donors (Lipinski definition) is 1. The molecule has 0 spiro atoms. The van der Waals surface area contributed by atoms with Gasteiger partial charge in [-0.1, -0.05) is 11.6 Å². The van der Waals surface area contributed by atoms with Gasteiger partial charge in [-0.3, -0.25) is 9.69 Å². The van der Waals surface area contributed by atoms with Gasteiger partial charge in [0.2, 0.25) is 5.91 Å². The maximum absolute atomic E-state index is 13.3. The number of halogens is 2. The summed E-state index contributed by atoms with van der Waals surface area (Å²) in [6.45, 7) is 2.86. The average molecular weight is 286 g/mol. The summed E-state index contributed by atoms with van der Waals surface area (Å²) in [5.41, 5.74) is 0. The number of likely N-dealkylation sites (tertiary alicyclic amines) is 1. The van der Waals surface area contributed by atoms with Crippen molar-refractivity contribution in [1.82, 2.24) is 9.88 Å². The van der Waals surface area contributed by atoms with Gasteiger partial charge in [0, 0.05) is 12.7 Å². The number of nitrogens with one attached hydrogen (secondary N) is 1. The van der Waals surface area contributed by atoms with E-state index < -0.39 is 6.17 Å². The van der Waals surface area contributed by atoms with E-state index >= 15 is 0 Å². The quantitative estimate of drug-likeness (QED) is 0.928. The van der Waals surface area contributed by atoms with Crippen molar-refractivity contribution in [2.45, 2.75) is 32.0 Å². The molecular weight excluding hydrogens is 269 g/mol. The van der Waals surface area contributed by atoms with Gasteiger partial charge in [-0.05, 0) is 38.4 Å². The minimum Gasteiger partial charge on any atom is -0.309 e. The highest BCUT2D eigenvalue weighted by atomic mass is 35.5. The Bertz CT molecular complexity index is 440. The third-order valence-corrected chi connectivity index (χ3v) is 3.52. The molecule has 104 valence electrons. The van der Waals surface area contributed by atoms with Gasteiger partial charge in [-0.25, -0.2) is 9.37 Å². The van der Waals surface area contributed by atoms with Gasteiger partial charge >= 0.3 is 0 Å². The molecule has 2 rings (SSSR count). The molecule has 4 nitrogen and oxygen atoms in total. The van der Waals surface area contributed by atoms with E-state index in [4.69, 9.17) is 11.6 Å². The molecule has 2 atom stereocenters. The van der Waals surface area contributed by atoms with Gasteiger partial charge in [-0.2, -0.15) is 0 Å². The second-order valence-corrected chi connectivity index (χ2v) is 5.20. The Morgan fingerprint density at radius 3 is 3.05 bits per heavy atom. The highest BCUT2D eigenvalue weighted by Crippen LogP contribution is 2.16. The number of amides is 1. The van der Waals surface area contributed by atoms with E-state index in [2.05, 4.69) is 10.3 Å². The maximum Gasteiger partial charge on any atom is 0.242 e. The second kappa shape index (κ2) is 6.30. The third-order valence-electron chi connectivity index (χ3n) is 3.30. The minimum atomic E-state index is -0.836. The van der Waals surface area contributed by atoms with Gasteiger partial charge in [0.15, 0.2) is 0 Å². The fourth-order valence-electron chi connectivity index (χ4n) is 2.15. The SMILES string of the molecule is C[C@@H](C(=O)Nc1ccc(Cl)cn1)N1CCC[C@@H](F)C1. The summed E-state index contributed by atoms with van der Waals surface area (Å²) < 4.78 is 13.3. The number of alkyl halides is 1. The predicted molar refractivity (Wildman–Crippen MR) is 73.0 cm³/mol. The van der Waals surface area contributed by atoms with E-state index in [0.29, 0.717) is 23.8 Å². The average Bonchev–Trinajstić information content (AvgIpc) is 2.40. The maximum atomic E-state index is 13.3. The monoisotopic (exact) mass is 285 g/mol. The Morgan fingerprint density at radius 2 is 2.42 bits per heavy atom. The van der Waals surface area contributed by atoms with E-state index in [1.165, 1.54) is 6.20 Å². The smallest absolute Gasteiger partial charge is 0.242 e. The van der Waals surface area contributed by atoms with Crippen LogP contribution in [0.1, 0.15) is 19.8 Å². The minimum absolute atomic E-state index is 0.177. The van der Waals surface area contributed by atoms with E-state index in [0.717, 1.165) is 13.0 Å². The van der Waals surface area contributed by atoms with Gasteiger partial charge in [-0.15, -0.1) is 0 Å². The summed E-state index contributed by atoms with van der Waals surface area (Å²) in [5.74, 6) is 0.277. The van der Waals surface area contributed by atoms with Crippen LogP contribution < -0.4 is 5.32 Å². The van der Waals surface area contributed by atoms with Crippen molar-refractivity contribution < 1.29 is 9.18 Å². The molecule has 1 aromatic rings. The Hall–Kier alpha value is -1.20. The number of pyridine rings is 1. The number of nitrogens with zero attached hydrogens (tertiary/aromatic N) is 2. The summed E-state index contributed by atoms with van der Waals surface area (Å²) in [6.07, 6.45) is 2.01. The zero-order valence-corrected chi connectivity index (χ0v) is 11.5. The lowest BCUT2D eigenvalue weighted by Crippen LogP contribution is -2.47. The van der Waals surface area contributed by atoms with Gasteiger partial charge in [0.05, 0.1) is 11.1 Å². The fourth-order valence-corrected chi connectivity index (χ4v) is 2.26. The van der Waals surface area contributed by atoms with Crippen molar-refractivity contribution in [2.24, 2.45) is 0 Å². The van der Waals surface area contributed by atoms with Crippen LogP contribution in [0.4, 0.5) is 10.2 Å². The molecule has 1 aliphatic rings. The number of anilines is 1. The van der Waals surface area contributed by atoms with Gasteiger partial charge < -0.3 is 5.32 Å². The van der Waals surface area contributed by atoms with Crippen molar-refractivity contribution in [1.29, 1.82) is 0 Å². The number of rotatable bonds is 3. The van der Waals surface area contributed by atoms with Gasteiger partial charge in [0.1, 0.15) is 12.0 Å². The van der Waals surface area contributed by atoms with Crippen molar-refractivity contribution in [3.05, 3.63) is 23.4 Å². The Kier molecular flexibility index (Phi) is 4.71. The normalized spacial score (nSPS) is 21.9. The number of piperidine rings is 1. The third kappa shape index (κ3) is 3.88. The first-order valence-corrected chi connectivity index (χ1v) is 6.74. The van der Waals surface area contributed by atoms with E-state index in [1.807, 2.05) is 4.90 Å². The molecule has 1 aromatic heterocycles. The number of carbonyl (C=O) groups is 1. The van der Waals surface area contributed by atoms with Crippen LogP contribution in [0.15, 0.2) is 18.3 Å². The fraction of sp³-hybridized carbons (Fsp3) is 0.538. The first kappa shape index (κ1) is 14.2. The van der Waals surface area contributed by atoms with Crippen LogP contribution in [0.25, 0.3) is 0 Å². The lowest BCUT2D eigenvalue weighted by molar-refractivity contribution is -0.121. The molecular formula is C13H17ClFN3O. The Labute approximate surface area is 117 Å². The van der Waals surface area contributed by atoms with Crippen LogP contribution in [0.2, 0.25) is 5.02 Å². The molecule has 0 unspecified atom stereocenters. The molecule has 6 heteroatoms.